The van der Waals surface area contributed by atoms with Gasteiger partial charge in [-0.05, 0) is 25.1 Å². The molecule has 0 atom stereocenters. The summed E-state index contributed by atoms with van der Waals surface area (Å²) >= 11 is 1.60. The van der Waals surface area contributed by atoms with Crippen molar-refractivity contribution in [2.45, 2.75) is 11.8 Å². The molecule has 82 valence electrons. The summed E-state index contributed by atoms with van der Waals surface area (Å²) in [4.78, 5) is 11.7. The Hall–Kier alpha value is -1.00. The van der Waals surface area contributed by atoms with Crippen molar-refractivity contribution in [3.8, 4) is 0 Å². The van der Waals surface area contributed by atoms with E-state index in [1.165, 1.54) is 0 Å². The number of carboxylic acid groups (broad SMARTS) is 1. The van der Waals surface area contributed by atoms with Crippen molar-refractivity contribution in [1.29, 1.82) is 0 Å². The van der Waals surface area contributed by atoms with Crippen LogP contribution in [0.25, 0.3) is 0 Å². The summed E-state index contributed by atoms with van der Waals surface area (Å²) in [6.45, 7) is 3.36. The second-order valence-electron chi connectivity index (χ2n) is 2.88. The van der Waals surface area contributed by atoms with Gasteiger partial charge in [-0.3, -0.25) is 0 Å². The first-order valence-electron chi connectivity index (χ1n) is 4.78. The highest BCUT2D eigenvalue weighted by molar-refractivity contribution is 7.99. The van der Waals surface area contributed by atoms with Crippen LogP contribution in [0.4, 0.5) is 0 Å². The summed E-state index contributed by atoms with van der Waals surface area (Å²) in [5.74, 6) is -0.0426. The molecule has 0 aliphatic rings. The lowest BCUT2D eigenvalue weighted by molar-refractivity contribution is 0.0696. The predicted molar refractivity (Wildman–Crippen MR) is 60.6 cm³/mol. The van der Waals surface area contributed by atoms with Crippen molar-refractivity contribution in [2.75, 3.05) is 19.0 Å². The van der Waals surface area contributed by atoms with Gasteiger partial charge < -0.3 is 9.84 Å². The standard InChI is InChI=1S/C11H14O3S/c1-2-14-6-7-15-10-5-3-4-9(8-10)11(12)13/h3-5,8H,2,6-7H2,1H3,(H,12,13). The van der Waals surface area contributed by atoms with E-state index >= 15 is 0 Å². The van der Waals surface area contributed by atoms with E-state index in [4.69, 9.17) is 9.84 Å². The maximum Gasteiger partial charge on any atom is 0.335 e. The molecule has 0 saturated carbocycles. The summed E-state index contributed by atoms with van der Waals surface area (Å²) in [6, 6.07) is 6.93. The van der Waals surface area contributed by atoms with Gasteiger partial charge in [0.05, 0.1) is 12.2 Å². The molecule has 0 spiro atoms. The fourth-order valence-corrected chi connectivity index (χ4v) is 1.90. The first kappa shape index (κ1) is 12.1. The van der Waals surface area contributed by atoms with E-state index in [1.807, 2.05) is 13.0 Å². The van der Waals surface area contributed by atoms with Crippen LogP contribution in [0.2, 0.25) is 0 Å². The highest BCUT2D eigenvalue weighted by Crippen LogP contribution is 2.18. The number of carbonyl (C=O) groups is 1. The van der Waals surface area contributed by atoms with Gasteiger partial charge >= 0.3 is 5.97 Å². The average molecular weight is 226 g/mol. The van der Waals surface area contributed by atoms with Gasteiger partial charge in [0.1, 0.15) is 0 Å². The molecule has 3 nitrogen and oxygen atoms in total. The molecule has 0 bridgehead atoms. The largest absolute Gasteiger partial charge is 0.478 e. The highest BCUT2D eigenvalue weighted by atomic mass is 32.2. The minimum atomic E-state index is -0.887. The van der Waals surface area contributed by atoms with Crippen molar-refractivity contribution >= 4 is 17.7 Å². The molecular weight excluding hydrogens is 212 g/mol. The smallest absolute Gasteiger partial charge is 0.335 e. The zero-order chi connectivity index (χ0) is 11.1. The lowest BCUT2D eigenvalue weighted by Gasteiger charge is -2.02. The van der Waals surface area contributed by atoms with E-state index < -0.39 is 5.97 Å². The summed E-state index contributed by atoms with van der Waals surface area (Å²) in [6.07, 6.45) is 0. The number of hydrogen-bond acceptors (Lipinski definition) is 3. The van der Waals surface area contributed by atoms with Crippen LogP contribution >= 0.6 is 11.8 Å². The van der Waals surface area contributed by atoms with Crippen molar-refractivity contribution in [3.05, 3.63) is 29.8 Å². The topological polar surface area (TPSA) is 46.5 Å². The summed E-state index contributed by atoms with van der Waals surface area (Å²) < 4.78 is 5.20. The Kier molecular flexibility index (Phi) is 5.21. The van der Waals surface area contributed by atoms with Gasteiger partial charge in [0, 0.05) is 17.3 Å². The Labute approximate surface area is 93.4 Å². The fraction of sp³-hybridized carbons (Fsp3) is 0.364. The van der Waals surface area contributed by atoms with Crippen molar-refractivity contribution in [2.24, 2.45) is 0 Å². The number of hydrogen-bond donors (Lipinski definition) is 1. The van der Waals surface area contributed by atoms with Crippen LogP contribution in [-0.2, 0) is 4.74 Å². The number of ether oxygens (including phenoxy) is 1. The number of aromatic carboxylic acids is 1. The molecule has 15 heavy (non-hydrogen) atoms. The number of rotatable bonds is 6. The van der Waals surface area contributed by atoms with Gasteiger partial charge in [0.2, 0.25) is 0 Å². The van der Waals surface area contributed by atoms with Crippen LogP contribution < -0.4 is 0 Å². The third-order valence-corrected chi connectivity index (χ3v) is 2.74. The van der Waals surface area contributed by atoms with Crippen LogP contribution in [0.5, 0.6) is 0 Å². The maximum absolute atomic E-state index is 10.7. The predicted octanol–water partition coefficient (Wildman–Crippen LogP) is 2.51. The summed E-state index contributed by atoms with van der Waals surface area (Å²) in [7, 11) is 0. The van der Waals surface area contributed by atoms with Crippen LogP contribution in [0.3, 0.4) is 0 Å². The maximum atomic E-state index is 10.7. The zero-order valence-corrected chi connectivity index (χ0v) is 9.42. The van der Waals surface area contributed by atoms with E-state index in [-0.39, 0.29) is 0 Å². The van der Waals surface area contributed by atoms with E-state index in [0.29, 0.717) is 12.2 Å². The van der Waals surface area contributed by atoms with Crippen molar-refractivity contribution in [3.63, 3.8) is 0 Å². The molecule has 0 heterocycles. The van der Waals surface area contributed by atoms with Gasteiger partial charge in [-0.2, -0.15) is 0 Å². The van der Waals surface area contributed by atoms with Gasteiger partial charge in [0.25, 0.3) is 0 Å². The van der Waals surface area contributed by atoms with Gasteiger partial charge in [0.15, 0.2) is 0 Å². The quantitative estimate of drug-likeness (QED) is 0.598. The molecule has 0 saturated heterocycles. The SMILES string of the molecule is CCOCCSc1cccc(C(=O)O)c1. The minimum Gasteiger partial charge on any atom is -0.478 e. The molecule has 0 fully saturated rings. The minimum absolute atomic E-state index is 0.330. The molecular formula is C11H14O3S. The molecule has 4 heteroatoms. The molecule has 0 aromatic heterocycles. The highest BCUT2D eigenvalue weighted by Gasteiger charge is 2.02. The molecule has 1 aromatic carbocycles. The first-order valence-corrected chi connectivity index (χ1v) is 5.76. The molecule has 0 radical (unpaired) electrons. The molecule has 1 rings (SSSR count). The molecule has 1 N–H and O–H groups in total. The Morgan fingerprint density at radius 1 is 1.53 bits per heavy atom. The Morgan fingerprint density at radius 2 is 2.33 bits per heavy atom. The Bertz CT molecular complexity index is 325. The van der Waals surface area contributed by atoms with E-state index in [2.05, 4.69) is 0 Å². The van der Waals surface area contributed by atoms with Crippen LogP contribution in [0.15, 0.2) is 29.2 Å². The zero-order valence-electron chi connectivity index (χ0n) is 8.60. The molecule has 0 unspecified atom stereocenters. The second-order valence-corrected chi connectivity index (χ2v) is 4.05. The van der Waals surface area contributed by atoms with Crippen molar-refractivity contribution < 1.29 is 14.6 Å². The number of carboxylic acids is 1. The average Bonchev–Trinajstić information content (AvgIpc) is 2.25. The van der Waals surface area contributed by atoms with Gasteiger partial charge in [-0.1, -0.05) is 6.07 Å². The third kappa shape index (κ3) is 4.36. The normalized spacial score (nSPS) is 10.2. The van der Waals surface area contributed by atoms with Crippen LogP contribution in [0.1, 0.15) is 17.3 Å². The number of thioether (sulfide) groups is 1. The van der Waals surface area contributed by atoms with Crippen LogP contribution in [-0.4, -0.2) is 30.0 Å². The van der Waals surface area contributed by atoms with Gasteiger partial charge in [-0.15, -0.1) is 11.8 Å². The van der Waals surface area contributed by atoms with E-state index in [0.717, 1.165) is 17.3 Å². The van der Waals surface area contributed by atoms with Crippen LogP contribution in [0, 0.1) is 0 Å². The lowest BCUT2D eigenvalue weighted by atomic mass is 10.2. The van der Waals surface area contributed by atoms with Crippen molar-refractivity contribution in [1.82, 2.24) is 0 Å². The number of benzene rings is 1. The Balaban J connectivity index is 2.47. The molecule has 0 amide bonds. The lowest BCUT2D eigenvalue weighted by Crippen LogP contribution is -1.97. The fourth-order valence-electron chi connectivity index (χ4n) is 1.08. The second kappa shape index (κ2) is 6.48. The third-order valence-electron chi connectivity index (χ3n) is 1.78. The monoisotopic (exact) mass is 226 g/mol. The molecule has 0 aliphatic carbocycles. The van der Waals surface area contributed by atoms with Gasteiger partial charge in [-0.25, -0.2) is 4.79 Å². The summed E-state index contributed by atoms with van der Waals surface area (Å²) in [5, 5.41) is 8.78. The Morgan fingerprint density at radius 3 is 3.00 bits per heavy atom. The first-order chi connectivity index (χ1) is 7.24. The molecule has 1 aromatic rings. The molecule has 0 aliphatic heterocycles. The summed E-state index contributed by atoms with van der Waals surface area (Å²) in [5.41, 5.74) is 0.330. The van der Waals surface area contributed by atoms with E-state index in [9.17, 15) is 4.79 Å². The van der Waals surface area contributed by atoms with E-state index in [1.54, 1.807) is 30.0 Å².